The lowest BCUT2D eigenvalue weighted by atomic mass is 10.00. The topological polar surface area (TPSA) is 116 Å². The zero-order chi connectivity index (χ0) is 19.7. The number of aliphatic imine (C=N–C) groups is 2. The van der Waals surface area contributed by atoms with Crippen molar-refractivity contribution >= 4 is 29.5 Å². The molecule has 0 fully saturated rings. The molecule has 142 valence electrons. The van der Waals surface area contributed by atoms with E-state index < -0.39 is 11.9 Å². The van der Waals surface area contributed by atoms with Gasteiger partial charge in [-0.2, -0.15) is 4.99 Å². The molecule has 0 bridgehead atoms. The molecule has 9 heteroatoms. The number of amides is 3. The van der Waals surface area contributed by atoms with Crippen molar-refractivity contribution in [3.8, 4) is 0 Å². The van der Waals surface area contributed by atoms with Crippen molar-refractivity contribution in [1.29, 1.82) is 0 Å². The minimum absolute atomic E-state index is 0.0317. The summed E-state index contributed by atoms with van der Waals surface area (Å²) in [6, 6.07) is 1.80. The Bertz CT molecular complexity index is 833. The van der Waals surface area contributed by atoms with Gasteiger partial charge in [-0.05, 0) is 26.0 Å². The van der Waals surface area contributed by atoms with Gasteiger partial charge in [0.2, 0.25) is 11.9 Å². The SMILES string of the molecule is CC(C)C(=O)NC1=NC2=NC(C)C(C)N(C(=O)c3cccnc3)C2C(=O)N1. The van der Waals surface area contributed by atoms with Gasteiger partial charge >= 0.3 is 0 Å². The van der Waals surface area contributed by atoms with Gasteiger partial charge in [-0.25, -0.2) is 0 Å². The number of pyridine rings is 1. The molecule has 2 aliphatic heterocycles. The predicted molar refractivity (Wildman–Crippen MR) is 99.1 cm³/mol. The van der Waals surface area contributed by atoms with Crippen LogP contribution in [0.2, 0.25) is 0 Å². The van der Waals surface area contributed by atoms with Crippen LogP contribution >= 0.6 is 0 Å². The Labute approximate surface area is 157 Å². The van der Waals surface area contributed by atoms with Crippen LogP contribution < -0.4 is 10.6 Å². The molecule has 0 saturated carbocycles. The van der Waals surface area contributed by atoms with Gasteiger partial charge < -0.3 is 4.90 Å². The van der Waals surface area contributed by atoms with Crippen molar-refractivity contribution in [1.82, 2.24) is 20.5 Å². The highest BCUT2D eigenvalue weighted by atomic mass is 16.2. The van der Waals surface area contributed by atoms with Crippen LogP contribution in [0.15, 0.2) is 34.5 Å². The number of nitrogens with zero attached hydrogens (tertiary/aromatic N) is 4. The zero-order valence-electron chi connectivity index (χ0n) is 15.6. The molecular formula is C18H22N6O3. The molecule has 3 rings (SSSR count). The van der Waals surface area contributed by atoms with Crippen LogP contribution in [0, 0.1) is 5.92 Å². The number of amidine groups is 1. The Morgan fingerprint density at radius 3 is 2.67 bits per heavy atom. The highest BCUT2D eigenvalue weighted by Gasteiger charge is 2.45. The van der Waals surface area contributed by atoms with Crippen molar-refractivity contribution in [3.05, 3.63) is 30.1 Å². The van der Waals surface area contributed by atoms with Crippen LogP contribution in [0.1, 0.15) is 38.1 Å². The summed E-state index contributed by atoms with van der Waals surface area (Å²) in [6.07, 6.45) is 3.04. The number of fused-ring (bicyclic) bond motifs is 1. The average Bonchev–Trinajstić information content (AvgIpc) is 2.63. The van der Waals surface area contributed by atoms with Crippen LogP contribution in [0.5, 0.6) is 0 Å². The monoisotopic (exact) mass is 370 g/mol. The number of hydrogen-bond donors (Lipinski definition) is 2. The molecule has 2 aliphatic rings. The third kappa shape index (κ3) is 3.57. The van der Waals surface area contributed by atoms with Gasteiger partial charge in [-0.15, -0.1) is 0 Å². The average molecular weight is 370 g/mol. The van der Waals surface area contributed by atoms with E-state index >= 15 is 0 Å². The van der Waals surface area contributed by atoms with Gasteiger partial charge in [0, 0.05) is 18.3 Å². The molecule has 3 atom stereocenters. The lowest BCUT2D eigenvalue weighted by Gasteiger charge is -2.42. The van der Waals surface area contributed by atoms with E-state index in [1.54, 1.807) is 32.2 Å². The number of rotatable bonds is 2. The number of guanidine groups is 1. The summed E-state index contributed by atoms with van der Waals surface area (Å²) in [5.74, 6) is -1.07. The van der Waals surface area contributed by atoms with Crippen molar-refractivity contribution < 1.29 is 14.4 Å². The van der Waals surface area contributed by atoms with Crippen molar-refractivity contribution in [2.24, 2.45) is 15.9 Å². The first kappa shape index (κ1) is 18.7. The highest BCUT2D eigenvalue weighted by molar-refractivity contribution is 6.23. The standard InChI is InChI=1S/C18H22N6O3/c1-9(2)15(25)22-18-21-14-13(16(26)23-18)24(11(4)10(3)20-14)17(27)12-6-5-7-19-8-12/h5-11,13H,1-4H3,(H2,20,21,22,23,25,26). The van der Waals surface area contributed by atoms with E-state index in [-0.39, 0.29) is 41.6 Å². The van der Waals surface area contributed by atoms with E-state index in [0.29, 0.717) is 5.56 Å². The van der Waals surface area contributed by atoms with Crippen LogP contribution in [-0.4, -0.2) is 57.5 Å². The molecule has 1 aromatic heterocycles. The summed E-state index contributed by atoms with van der Waals surface area (Å²) in [6.45, 7) is 7.16. The van der Waals surface area contributed by atoms with Crippen LogP contribution in [0.4, 0.5) is 0 Å². The molecule has 0 spiro atoms. The van der Waals surface area contributed by atoms with E-state index in [1.807, 2.05) is 13.8 Å². The summed E-state index contributed by atoms with van der Waals surface area (Å²) >= 11 is 0. The number of aromatic nitrogens is 1. The molecule has 0 radical (unpaired) electrons. The lowest BCUT2D eigenvalue weighted by Crippen LogP contribution is -2.65. The second-order valence-electron chi connectivity index (χ2n) is 6.92. The maximum Gasteiger partial charge on any atom is 0.257 e. The molecule has 27 heavy (non-hydrogen) atoms. The molecule has 3 heterocycles. The van der Waals surface area contributed by atoms with Gasteiger partial charge in [0.25, 0.3) is 11.8 Å². The molecule has 9 nitrogen and oxygen atoms in total. The first-order chi connectivity index (χ1) is 12.8. The third-order valence-electron chi connectivity index (χ3n) is 4.62. The molecule has 0 aliphatic carbocycles. The normalized spacial score (nSPS) is 24.6. The van der Waals surface area contributed by atoms with E-state index in [1.165, 1.54) is 11.1 Å². The summed E-state index contributed by atoms with van der Waals surface area (Å²) < 4.78 is 0. The fourth-order valence-electron chi connectivity index (χ4n) is 2.90. The Kier molecular flexibility index (Phi) is 5.02. The Morgan fingerprint density at radius 2 is 2.04 bits per heavy atom. The molecule has 2 N–H and O–H groups in total. The number of carbonyl (C=O) groups excluding carboxylic acids is 3. The second kappa shape index (κ2) is 7.26. The molecule has 3 amide bonds. The first-order valence-corrected chi connectivity index (χ1v) is 8.80. The lowest BCUT2D eigenvalue weighted by molar-refractivity contribution is -0.123. The predicted octanol–water partition coefficient (Wildman–Crippen LogP) is 0.340. The zero-order valence-corrected chi connectivity index (χ0v) is 15.6. The minimum atomic E-state index is -0.955. The summed E-state index contributed by atoms with van der Waals surface area (Å²) in [4.78, 5) is 51.9. The summed E-state index contributed by atoms with van der Waals surface area (Å²) in [5, 5.41) is 5.13. The maximum atomic E-state index is 13.0. The smallest absolute Gasteiger partial charge is 0.257 e. The fourth-order valence-corrected chi connectivity index (χ4v) is 2.90. The van der Waals surface area contributed by atoms with Gasteiger partial charge in [0.15, 0.2) is 11.9 Å². The number of carbonyl (C=O) groups is 3. The van der Waals surface area contributed by atoms with Gasteiger partial charge in [0.1, 0.15) is 0 Å². The minimum Gasteiger partial charge on any atom is -0.315 e. The highest BCUT2D eigenvalue weighted by Crippen LogP contribution is 2.24. The number of nitrogens with one attached hydrogen (secondary N) is 2. The third-order valence-corrected chi connectivity index (χ3v) is 4.62. The van der Waals surface area contributed by atoms with Crippen molar-refractivity contribution in [2.45, 2.75) is 45.8 Å². The molecule has 3 unspecified atom stereocenters. The van der Waals surface area contributed by atoms with E-state index in [9.17, 15) is 14.4 Å². The van der Waals surface area contributed by atoms with Crippen molar-refractivity contribution in [2.75, 3.05) is 0 Å². The van der Waals surface area contributed by atoms with E-state index in [4.69, 9.17) is 0 Å². The van der Waals surface area contributed by atoms with Crippen LogP contribution in [0.25, 0.3) is 0 Å². The van der Waals surface area contributed by atoms with Crippen LogP contribution in [-0.2, 0) is 9.59 Å². The summed E-state index contributed by atoms with van der Waals surface area (Å²) in [5.41, 5.74) is 0.383. The van der Waals surface area contributed by atoms with Gasteiger partial charge in [0.05, 0.1) is 17.6 Å². The second-order valence-corrected chi connectivity index (χ2v) is 6.92. The van der Waals surface area contributed by atoms with E-state index in [2.05, 4.69) is 25.6 Å². The first-order valence-electron chi connectivity index (χ1n) is 8.80. The molecular weight excluding hydrogens is 348 g/mol. The van der Waals surface area contributed by atoms with Crippen molar-refractivity contribution in [3.63, 3.8) is 0 Å². The maximum absolute atomic E-state index is 13.0. The largest absolute Gasteiger partial charge is 0.315 e. The van der Waals surface area contributed by atoms with E-state index in [0.717, 1.165) is 0 Å². The Morgan fingerprint density at radius 1 is 1.30 bits per heavy atom. The summed E-state index contributed by atoms with van der Waals surface area (Å²) in [7, 11) is 0. The number of hydrogen-bond acceptors (Lipinski definition) is 6. The van der Waals surface area contributed by atoms with Gasteiger partial charge in [-0.1, -0.05) is 13.8 Å². The van der Waals surface area contributed by atoms with Gasteiger partial charge in [-0.3, -0.25) is 35.0 Å². The molecule has 0 saturated heterocycles. The molecule has 0 aromatic carbocycles. The fraction of sp³-hybridized carbons (Fsp3) is 0.444. The quantitative estimate of drug-likeness (QED) is 0.781. The molecule has 1 aromatic rings. The van der Waals surface area contributed by atoms with Crippen LogP contribution in [0.3, 0.4) is 0 Å². The Balaban J connectivity index is 1.95. The Hall–Kier alpha value is -3.10.